The highest BCUT2D eigenvalue weighted by Crippen LogP contribution is 2.35. The Balaban J connectivity index is 1.44. The van der Waals surface area contributed by atoms with E-state index in [9.17, 15) is 13.2 Å². The minimum atomic E-state index is -3.78. The van der Waals surface area contributed by atoms with Gasteiger partial charge in [-0.25, -0.2) is 8.42 Å². The molecule has 9 heteroatoms. The number of carbonyl (C=O) groups excluding carboxylic acids is 1. The maximum Gasteiger partial charge on any atom is 0.264 e. The van der Waals surface area contributed by atoms with Crippen molar-refractivity contribution in [3.8, 4) is 11.8 Å². The van der Waals surface area contributed by atoms with Crippen LogP contribution in [0.3, 0.4) is 0 Å². The van der Waals surface area contributed by atoms with Crippen LogP contribution in [0.4, 0.5) is 11.4 Å². The number of halogens is 1. The summed E-state index contributed by atoms with van der Waals surface area (Å²) in [5.41, 5.74) is 2.54. The number of para-hydroxylation sites is 1. The summed E-state index contributed by atoms with van der Waals surface area (Å²) in [6.45, 7) is 0.0345. The Hall–Kier alpha value is -3.54. The summed E-state index contributed by atoms with van der Waals surface area (Å²) in [5.74, 6) is -0.255. The second kappa shape index (κ2) is 8.91. The van der Waals surface area contributed by atoms with Gasteiger partial charge in [0.15, 0.2) is 6.61 Å². The lowest BCUT2D eigenvalue weighted by Gasteiger charge is -2.20. The molecule has 3 aromatic rings. The SMILES string of the molecule is N#Cc1cccc(NC(=O)COc2ccc(S(=O)(=O)N3CCc4ccccc43)cc2Cl)c1. The van der Waals surface area contributed by atoms with Gasteiger partial charge in [0.1, 0.15) is 5.75 Å². The van der Waals surface area contributed by atoms with E-state index in [0.717, 1.165) is 5.56 Å². The quantitative estimate of drug-likeness (QED) is 0.591. The van der Waals surface area contributed by atoms with Crippen LogP contribution in [0.5, 0.6) is 5.75 Å². The maximum absolute atomic E-state index is 13.1. The standard InChI is InChI=1S/C23H18ClN3O4S/c24-20-13-19(32(29,30)27-11-10-17-5-1-2-7-21(17)27)8-9-22(20)31-15-23(28)26-18-6-3-4-16(12-18)14-25/h1-9,12-13H,10-11,15H2,(H,26,28). The van der Waals surface area contributed by atoms with Crippen LogP contribution in [-0.2, 0) is 21.2 Å². The van der Waals surface area contributed by atoms with Gasteiger partial charge < -0.3 is 10.1 Å². The average Bonchev–Trinajstić information content (AvgIpc) is 3.23. The third-order valence-electron chi connectivity index (χ3n) is 4.97. The second-order valence-electron chi connectivity index (χ2n) is 7.08. The smallest absolute Gasteiger partial charge is 0.264 e. The molecule has 3 aromatic carbocycles. The second-order valence-corrected chi connectivity index (χ2v) is 9.35. The fourth-order valence-corrected chi connectivity index (χ4v) is 5.28. The van der Waals surface area contributed by atoms with E-state index in [4.69, 9.17) is 21.6 Å². The monoisotopic (exact) mass is 467 g/mol. The van der Waals surface area contributed by atoms with Gasteiger partial charge in [-0.2, -0.15) is 5.26 Å². The maximum atomic E-state index is 13.1. The molecule has 1 aliphatic rings. The first kappa shape index (κ1) is 21.7. The molecule has 162 valence electrons. The molecule has 0 radical (unpaired) electrons. The number of hydrogen-bond acceptors (Lipinski definition) is 5. The van der Waals surface area contributed by atoms with E-state index in [2.05, 4.69) is 5.32 Å². The molecular weight excluding hydrogens is 450 g/mol. The summed E-state index contributed by atoms with van der Waals surface area (Å²) in [7, 11) is -3.78. The Morgan fingerprint density at radius 1 is 1.12 bits per heavy atom. The van der Waals surface area contributed by atoms with Gasteiger partial charge in [0, 0.05) is 12.2 Å². The van der Waals surface area contributed by atoms with Crippen LogP contribution < -0.4 is 14.4 Å². The Labute approximate surface area is 190 Å². The number of nitrogens with zero attached hydrogens (tertiary/aromatic N) is 2. The molecule has 0 atom stereocenters. The molecule has 0 aromatic heterocycles. The van der Waals surface area contributed by atoms with Crippen molar-refractivity contribution in [1.29, 1.82) is 5.26 Å². The van der Waals surface area contributed by atoms with E-state index in [1.807, 2.05) is 18.2 Å². The van der Waals surface area contributed by atoms with Gasteiger partial charge in [0.25, 0.3) is 15.9 Å². The van der Waals surface area contributed by atoms with Gasteiger partial charge in [0.2, 0.25) is 0 Å². The van der Waals surface area contributed by atoms with Crippen LogP contribution in [0.15, 0.2) is 71.6 Å². The van der Waals surface area contributed by atoms with Gasteiger partial charge in [-0.3, -0.25) is 9.10 Å². The van der Waals surface area contributed by atoms with Crippen molar-refractivity contribution in [2.75, 3.05) is 22.8 Å². The third kappa shape index (κ3) is 4.40. The van der Waals surface area contributed by atoms with Crippen LogP contribution >= 0.6 is 11.6 Å². The Morgan fingerprint density at radius 2 is 1.94 bits per heavy atom. The van der Waals surface area contributed by atoms with Crippen molar-refractivity contribution >= 4 is 38.9 Å². The van der Waals surface area contributed by atoms with Gasteiger partial charge in [0.05, 0.1) is 27.2 Å². The molecule has 0 unspecified atom stereocenters. The van der Waals surface area contributed by atoms with Crippen molar-refractivity contribution in [2.24, 2.45) is 0 Å². The summed E-state index contributed by atoms with van der Waals surface area (Å²) < 4.78 is 33.1. The van der Waals surface area contributed by atoms with Crippen molar-refractivity contribution in [1.82, 2.24) is 0 Å². The summed E-state index contributed by atoms with van der Waals surface area (Å²) in [5, 5.41) is 11.6. The Morgan fingerprint density at radius 3 is 2.72 bits per heavy atom. The molecule has 7 nitrogen and oxygen atoms in total. The number of nitriles is 1. The first-order chi connectivity index (χ1) is 15.4. The highest BCUT2D eigenvalue weighted by Gasteiger charge is 2.31. The number of anilines is 2. The molecule has 1 heterocycles. The lowest BCUT2D eigenvalue weighted by atomic mass is 10.2. The first-order valence-corrected chi connectivity index (χ1v) is 11.5. The normalized spacial score (nSPS) is 12.7. The van der Waals surface area contributed by atoms with E-state index in [1.165, 1.54) is 22.5 Å². The van der Waals surface area contributed by atoms with Crippen LogP contribution in [-0.4, -0.2) is 27.5 Å². The van der Waals surface area contributed by atoms with Crippen molar-refractivity contribution in [3.63, 3.8) is 0 Å². The summed E-state index contributed by atoms with van der Waals surface area (Å²) in [6.07, 6.45) is 0.650. The number of fused-ring (bicyclic) bond motifs is 1. The van der Waals surface area contributed by atoms with E-state index >= 15 is 0 Å². The molecular formula is C23H18ClN3O4S. The molecule has 0 saturated heterocycles. The zero-order valence-corrected chi connectivity index (χ0v) is 18.4. The molecule has 0 saturated carbocycles. The first-order valence-electron chi connectivity index (χ1n) is 9.71. The fraction of sp³-hybridized carbons (Fsp3) is 0.130. The molecule has 1 aliphatic heterocycles. The number of ether oxygens (including phenoxy) is 1. The number of carbonyl (C=O) groups is 1. The third-order valence-corrected chi connectivity index (χ3v) is 7.07. The van der Waals surface area contributed by atoms with Gasteiger partial charge in [-0.15, -0.1) is 0 Å². The van der Waals surface area contributed by atoms with Gasteiger partial charge >= 0.3 is 0 Å². The molecule has 0 bridgehead atoms. The minimum Gasteiger partial charge on any atom is -0.482 e. The molecule has 1 N–H and O–H groups in total. The van der Waals surface area contributed by atoms with E-state index in [-0.39, 0.29) is 22.3 Å². The van der Waals surface area contributed by atoms with Crippen LogP contribution in [0.2, 0.25) is 5.02 Å². The Kier molecular flexibility index (Phi) is 6.04. The summed E-state index contributed by atoms with van der Waals surface area (Å²) >= 11 is 6.25. The largest absolute Gasteiger partial charge is 0.482 e. The van der Waals surface area contributed by atoms with E-state index < -0.39 is 15.9 Å². The molecule has 1 amide bonds. The topological polar surface area (TPSA) is 99.5 Å². The fourth-order valence-electron chi connectivity index (χ4n) is 3.45. The van der Waals surface area contributed by atoms with E-state index in [0.29, 0.717) is 29.9 Å². The van der Waals surface area contributed by atoms with Gasteiger partial charge in [-0.1, -0.05) is 35.9 Å². The average molecular weight is 468 g/mol. The van der Waals surface area contributed by atoms with Crippen molar-refractivity contribution < 1.29 is 17.9 Å². The van der Waals surface area contributed by atoms with Crippen LogP contribution in [0.1, 0.15) is 11.1 Å². The highest BCUT2D eigenvalue weighted by molar-refractivity contribution is 7.92. The molecule has 0 fully saturated rings. The molecule has 32 heavy (non-hydrogen) atoms. The van der Waals surface area contributed by atoms with E-state index in [1.54, 1.807) is 36.4 Å². The number of nitrogens with one attached hydrogen (secondary N) is 1. The van der Waals surface area contributed by atoms with Crippen molar-refractivity contribution in [3.05, 3.63) is 82.9 Å². The van der Waals surface area contributed by atoms with Crippen LogP contribution in [0.25, 0.3) is 0 Å². The number of sulfonamides is 1. The molecule has 4 rings (SSSR count). The highest BCUT2D eigenvalue weighted by atomic mass is 35.5. The van der Waals surface area contributed by atoms with Gasteiger partial charge in [-0.05, 0) is 54.4 Å². The lowest BCUT2D eigenvalue weighted by Crippen LogP contribution is -2.29. The zero-order chi connectivity index (χ0) is 22.7. The number of benzene rings is 3. The molecule has 0 spiro atoms. The predicted molar refractivity (Wildman–Crippen MR) is 121 cm³/mol. The Bertz CT molecular complexity index is 1340. The minimum absolute atomic E-state index is 0.0457. The predicted octanol–water partition coefficient (Wildman–Crippen LogP) is 3.98. The zero-order valence-electron chi connectivity index (χ0n) is 16.8. The lowest BCUT2D eigenvalue weighted by molar-refractivity contribution is -0.118. The summed E-state index contributed by atoms with van der Waals surface area (Å²) in [6, 6.07) is 20.0. The molecule has 0 aliphatic carbocycles. The summed E-state index contributed by atoms with van der Waals surface area (Å²) in [4.78, 5) is 12.2. The van der Waals surface area contributed by atoms with Crippen LogP contribution in [0, 0.1) is 11.3 Å². The number of rotatable bonds is 6. The number of amides is 1. The number of hydrogen-bond donors (Lipinski definition) is 1. The van der Waals surface area contributed by atoms with Crippen molar-refractivity contribution in [2.45, 2.75) is 11.3 Å².